The minimum Gasteiger partial charge on any atom is -0.390 e. The number of hydrogen-bond donors (Lipinski definition) is 2. The summed E-state index contributed by atoms with van der Waals surface area (Å²) in [6.45, 7) is 0. The van der Waals surface area contributed by atoms with Crippen molar-refractivity contribution >= 4 is 0 Å². The summed E-state index contributed by atoms with van der Waals surface area (Å²) in [4.78, 5) is 0. The summed E-state index contributed by atoms with van der Waals surface area (Å²) >= 11 is 0. The Morgan fingerprint density at radius 3 is 2.40 bits per heavy atom. The second-order valence-corrected chi connectivity index (χ2v) is 3.16. The summed E-state index contributed by atoms with van der Waals surface area (Å²) in [5, 5.41) is 9.37. The molecule has 3 heteroatoms. The maximum atomic E-state index is 9.37. The lowest BCUT2D eigenvalue weighted by Gasteiger charge is -2.14. The summed E-state index contributed by atoms with van der Waals surface area (Å²) in [5.41, 5.74) is 0. The van der Waals surface area contributed by atoms with Gasteiger partial charge in [-0.15, -0.1) is 0 Å². The van der Waals surface area contributed by atoms with Gasteiger partial charge in [-0.05, 0) is 24.7 Å². The summed E-state index contributed by atoms with van der Waals surface area (Å²) < 4.78 is 5.07. The van der Waals surface area contributed by atoms with Crippen LogP contribution < -0.4 is 6.15 Å². The normalized spacial score (nSPS) is 49.8. The smallest absolute Gasteiger partial charge is 0.0835 e. The Hall–Kier alpha value is -0.120. The van der Waals surface area contributed by atoms with Gasteiger partial charge in [0.1, 0.15) is 0 Å². The highest BCUT2D eigenvalue weighted by molar-refractivity contribution is 5.02. The fourth-order valence-corrected chi connectivity index (χ4v) is 1.91. The van der Waals surface area contributed by atoms with Gasteiger partial charge in [-0.2, -0.15) is 0 Å². The zero-order chi connectivity index (χ0) is 6.43. The maximum absolute atomic E-state index is 9.37. The molecule has 3 nitrogen and oxygen atoms in total. The van der Waals surface area contributed by atoms with E-state index in [9.17, 15) is 5.11 Å². The van der Waals surface area contributed by atoms with E-state index in [2.05, 4.69) is 0 Å². The van der Waals surface area contributed by atoms with Crippen molar-refractivity contribution in [3.05, 3.63) is 0 Å². The van der Waals surface area contributed by atoms with E-state index in [1.54, 1.807) is 7.11 Å². The van der Waals surface area contributed by atoms with Crippen LogP contribution in [0, 0.1) is 11.8 Å². The highest BCUT2D eigenvalue weighted by Crippen LogP contribution is 2.52. The third-order valence-corrected chi connectivity index (χ3v) is 2.63. The minimum atomic E-state index is -0.153. The Morgan fingerprint density at radius 1 is 1.40 bits per heavy atom. The van der Waals surface area contributed by atoms with Crippen LogP contribution in [-0.2, 0) is 4.74 Å². The van der Waals surface area contributed by atoms with Crippen molar-refractivity contribution in [1.29, 1.82) is 0 Å². The molecule has 0 amide bonds. The first kappa shape index (κ1) is 7.98. The predicted molar refractivity (Wildman–Crippen MR) is 38.0 cm³/mol. The molecule has 0 radical (unpaired) electrons. The van der Waals surface area contributed by atoms with E-state index in [0.29, 0.717) is 5.92 Å². The number of ether oxygens (including phenoxy) is 1. The van der Waals surface area contributed by atoms with Crippen molar-refractivity contribution in [2.45, 2.75) is 25.0 Å². The van der Waals surface area contributed by atoms with Gasteiger partial charge in [0, 0.05) is 7.11 Å². The van der Waals surface area contributed by atoms with Gasteiger partial charge < -0.3 is 16.0 Å². The van der Waals surface area contributed by atoms with E-state index < -0.39 is 0 Å². The third-order valence-electron chi connectivity index (χ3n) is 2.63. The van der Waals surface area contributed by atoms with Crippen LogP contribution in [0.4, 0.5) is 0 Å². The van der Waals surface area contributed by atoms with Crippen LogP contribution in [-0.4, -0.2) is 24.4 Å². The van der Waals surface area contributed by atoms with Gasteiger partial charge in [0.15, 0.2) is 0 Å². The topological polar surface area (TPSA) is 64.5 Å². The Morgan fingerprint density at radius 2 is 2.10 bits per heavy atom. The minimum absolute atomic E-state index is 0. The molecule has 2 aliphatic carbocycles. The zero-order valence-electron chi connectivity index (χ0n) is 6.29. The molecule has 0 heterocycles. The Labute approximate surface area is 61.0 Å². The molecule has 0 aliphatic heterocycles. The quantitative estimate of drug-likeness (QED) is 0.566. The standard InChI is InChI=1S/C7H12O2.H3N/c1-9-6-3-4-2-5(4)7(6)8;/h4-8H,2-3H2,1H3;1H3. The number of aliphatic hydroxyl groups is 1. The van der Waals surface area contributed by atoms with Crippen LogP contribution in [0.2, 0.25) is 0 Å². The van der Waals surface area contributed by atoms with E-state index in [4.69, 9.17) is 4.74 Å². The molecule has 0 aromatic rings. The van der Waals surface area contributed by atoms with Crippen molar-refractivity contribution in [1.82, 2.24) is 6.15 Å². The lowest BCUT2D eigenvalue weighted by Crippen LogP contribution is -2.24. The van der Waals surface area contributed by atoms with Gasteiger partial charge in [-0.1, -0.05) is 0 Å². The molecular formula is C7H15NO2. The second kappa shape index (κ2) is 2.49. The van der Waals surface area contributed by atoms with Crippen LogP contribution >= 0.6 is 0 Å². The molecular weight excluding hydrogens is 130 g/mol. The molecule has 4 N–H and O–H groups in total. The Bertz CT molecular complexity index is 129. The van der Waals surface area contributed by atoms with Crippen molar-refractivity contribution < 1.29 is 9.84 Å². The zero-order valence-corrected chi connectivity index (χ0v) is 6.29. The summed E-state index contributed by atoms with van der Waals surface area (Å²) in [5.74, 6) is 1.39. The van der Waals surface area contributed by atoms with Gasteiger partial charge in [0.05, 0.1) is 12.2 Å². The molecule has 0 bridgehead atoms. The van der Waals surface area contributed by atoms with E-state index in [-0.39, 0.29) is 18.4 Å². The van der Waals surface area contributed by atoms with Crippen LogP contribution in [0.5, 0.6) is 0 Å². The monoisotopic (exact) mass is 145 g/mol. The highest BCUT2D eigenvalue weighted by atomic mass is 16.5. The van der Waals surface area contributed by atoms with Gasteiger partial charge in [-0.3, -0.25) is 0 Å². The molecule has 60 valence electrons. The molecule has 4 atom stereocenters. The average molecular weight is 145 g/mol. The number of aliphatic hydroxyl groups excluding tert-OH is 1. The summed E-state index contributed by atoms with van der Waals surface area (Å²) in [6.07, 6.45) is 2.32. The Kier molecular flexibility index (Phi) is 1.99. The van der Waals surface area contributed by atoms with Gasteiger partial charge in [-0.25, -0.2) is 0 Å². The van der Waals surface area contributed by atoms with Gasteiger partial charge in [0.2, 0.25) is 0 Å². The molecule has 2 aliphatic rings. The van der Waals surface area contributed by atoms with E-state index >= 15 is 0 Å². The lowest BCUT2D eigenvalue weighted by atomic mass is 10.2. The first-order chi connectivity index (χ1) is 4.33. The fourth-order valence-electron chi connectivity index (χ4n) is 1.91. The van der Waals surface area contributed by atoms with Gasteiger partial charge >= 0.3 is 0 Å². The second-order valence-electron chi connectivity index (χ2n) is 3.16. The molecule has 2 fully saturated rings. The molecule has 0 aromatic carbocycles. The van der Waals surface area contributed by atoms with E-state index in [1.165, 1.54) is 6.42 Å². The molecule has 0 saturated heterocycles. The first-order valence-electron chi connectivity index (χ1n) is 3.54. The van der Waals surface area contributed by atoms with Crippen molar-refractivity contribution in [2.75, 3.05) is 7.11 Å². The van der Waals surface area contributed by atoms with Crippen LogP contribution in [0.15, 0.2) is 0 Å². The maximum Gasteiger partial charge on any atom is 0.0835 e. The number of rotatable bonds is 1. The molecule has 2 rings (SSSR count). The van der Waals surface area contributed by atoms with Crippen LogP contribution in [0.1, 0.15) is 12.8 Å². The molecule has 10 heavy (non-hydrogen) atoms. The average Bonchev–Trinajstić information content (AvgIpc) is 2.55. The number of hydrogen-bond acceptors (Lipinski definition) is 3. The molecule has 4 unspecified atom stereocenters. The van der Waals surface area contributed by atoms with E-state index in [0.717, 1.165) is 12.3 Å². The SMILES string of the molecule is COC1CC2CC2C1O.N. The molecule has 2 saturated carbocycles. The van der Waals surface area contributed by atoms with Crippen molar-refractivity contribution in [3.8, 4) is 0 Å². The van der Waals surface area contributed by atoms with Gasteiger partial charge in [0.25, 0.3) is 0 Å². The number of methoxy groups -OCH3 is 1. The molecule has 0 spiro atoms. The molecule has 0 aromatic heterocycles. The largest absolute Gasteiger partial charge is 0.390 e. The fraction of sp³-hybridized carbons (Fsp3) is 1.00. The van der Waals surface area contributed by atoms with E-state index in [1.807, 2.05) is 0 Å². The highest BCUT2D eigenvalue weighted by Gasteiger charge is 2.52. The van der Waals surface area contributed by atoms with Crippen molar-refractivity contribution in [2.24, 2.45) is 11.8 Å². The van der Waals surface area contributed by atoms with Crippen LogP contribution in [0.3, 0.4) is 0 Å². The summed E-state index contributed by atoms with van der Waals surface area (Å²) in [7, 11) is 1.68. The Balaban J connectivity index is 0.000000500. The number of fused-ring (bicyclic) bond motifs is 1. The lowest BCUT2D eigenvalue weighted by molar-refractivity contribution is -0.00589. The predicted octanol–water partition coefficient (Wildman–Crippen LogP) is 0.564. The van der Waals surface area contributed by atoms with Crippen molar-refractivity contribution in [3.63, 3.8) is 0 Å². The third kappa shape index (κ3) is 0.944. The van der Waals surface area contributed by atoms with Crippen LogP contribution in [0.25, 0.3) is 0 Å². The first-order valence-corrected chi connectivity index (χ1v) is 3.54. The summed E-state index contributed by atoms with van der Waals surface area (Å²) in [6, 6.07) is 0.